The standard InChI is InChI=1S/C16H18FN3OS.2ClH/c1-10-9-20(8-7-18-10)16(21)14-11(2)19-15(22-14)12-3-5-13(17)6-4-12;;/h3-6,10,18H,7-9H2,1-2H3;2*1H. The second-order valence-corrected chi connectivity index (χ2v) is 6.55. The Hall–Kier alpha value is -1.21. The predicted molar refractivity (Wildman–Crippen MR) is 100 cm³/mol. The molecule has 0 radical (unpaired) electrons. The van der Waals surface area contributed by atoms with Crippen LogP contribution in [0.2, 0.25) is 0 Å². The van der Waals surface area contributed by atoms with Gasteiger partial charge in [-0.25, -0.2) is 9.37 Å². The number of aromatic nitrogens is 1. The van der Waals surface area contributed by atoms with Gasteiger partial charge >= 0.3 is 0 Å². The molecule has 1 aromatic heterocycles. The zero-order chi connectivity index (χ0) is 15.7. The lowest BCUT2D eigenvalue weighted by Crippen LogP contribution is -2.51. The van der Waals surface area contributed by atoms with Gasteiger partial charge in [-0.2, -0.15) is 0 Å². The zero-order valence-corrected chi connectivity index (χ0v) is 15.9. The number of nitrogens with one attached hydrogen (secondary N) is 1. The minimum atomic E-state index is -0.275. The molecule has 1 amide bonds. The summed E-state index contributed by atoms with van der Waals surface area (Å²) in [5.74, 6) is -0.236. The fraction of sp³-hybridized carbons (Fsp3) is 0.375. The van der Waals surface area contributed by atoms with Crippen LogP contribution in [0.1, 0.15) is 22.3 Å². The molecule has 0 saturated carbocycles. The molecule has 132 valence electrons. The molecule has 4 nitrogen and oxygen atoms in total. The first kappa shape index (κ1) is 20.8. The third-order valence-electron chi connectivity index (χ3n) is 3.74. The van der Waals surface area contributed by atoms with E-state index in [0.29, 0.717) is 24.0 Å². The van der Waals surface area contributed by atoms with Crippen molar-refractivity contribution >= 4 is 42.1 Å². The van der Waals surface area contributed by atoms with E-state index in [-0.39, 0.29) is 36.5 Å². The Bertz CT molecular complexity index is 693. The Morgan fingerprint density at radius 3 is 2.62 bits per heavy atom. The molecule has 24 heavy (non-hydrogen) atoms. The van der Waals surface area contributed by atoms with Crippen LogP contribution >= 0.6 is 36.2 Å². The summed E-state index contributed by atoms with van der Waals surface area (Å²) in [6.07, 6.45) is 0. The predicted octanol–water partition coefficient (Wildman–Crippen LogP) is 3.54. The van der Waals surface area contributed by atoms with Crippen molar-refractivity contribution in [2.45, 2.75) is 19.9 Å². The van der Waals surface area contributed by atoms with Gasteiger partial charge in [-0.3, -0.25) is 4.79 Å². The van der Waals surface area contributed by atoms with Crippen LogP contribution in [0, 0.1) is 12.7 Å². The van der Waals surface area contributed by atoms with Crippen LogP contribution in [0.3, 0.4) is 0 Å². The van der Waals surface area contributed by atoms with Crippen molar-refractivity contribution in [3.63, 3.8) is 0 Å². The van der Waals surface area contributed by atoms with E-state index in [9.17, 15) is 9.18 Å². The Labute approximate surface area is 157 Å². The summed E-state index contributed by atoms with van der Waals surface area (Å²) in [6, 6.07) is 6.50. The molecule has 1 aromatic carbocycles. The molecule has 1 unspecified atom stereocenters. The number of benzene rings is 1. The number of thiazole rings is 1. The molecule has 1 saturated heterocycles. The Kier molecular flexibility index (Phi) is 7.60. The molecule has 1 aliphatic rings. The molecule has 2 aromatic rings. The van der Waals surface area contributed by atoms with Gasteiger partial charge in [0, 0.05) is 31.2 Å². The lowest BCUT2D eigenvalue weighted by Gasteiger charge is -2.31. The monoisotopic (exact) mass is 391 g/mol. The van der Waals surface area contributed by atoms with E-state index >= 15 is 0 Å². The van der Waals surface area contributed by atoms with Crippen LogP contribution in [-0.4, -0.2) is 41.5 Å². The van der Waals surface area contributed by atoms with Crippen LogP contribution in [-0.2, 0) is 0 Å². The fourth-order valence-electron chi connectivity index (χ4n) is 2.57. The third-order valence-corrected chi connectivity index (χ3v) is 4.93. The number of amides is 1. The number of hydrogen-bond donors (Lipinski definition) is 1. The first-order chi connectivity index (χ1) is 10.5. The van der Waals surface area contributed by atoms with Crippen molar-refractivity contribution in [3.8, 4) is 10.6 Å². The molecule has 1 atom stereocenters. The number of hydrogen-bond acceptors (Lipinski definition) is 4. The van der Waals surface area contributed by atoms with E-state index < -0.39 is 0 Å². The summed E-state index contributed by atoms with van der Waals surface area (Å²) >= 11 is 1.38. The molecule has 1 N–H and O–H groups in total. The van der Waals surface area contributed by atoms with Crippen molar-refractivity contribution in [1.82, 2.24) is 15.2 Å². The second-order valence-electron chi connectivity index (χ2n) is 5.55. The van der Waals surface area contributed by atoms with Gasteiger partial charge in [0.25, 0.3) is 5.91 Å². The van der Waals surface area contributed by atoms with E-state index in [2.05, 4.69) is 17.2 Å². The van der Waals surface area contributed by atoms with Gasteiger partial charge in [0.15, 0.2) is 0 Å². The lowest BCUT2D eigenvalue weighted by molar-refractivity contribution is 0.0713. The highest BCUT2D eigenvalue weighted by Gasteiger charge is 2.25. The first-order valence-corrected chi connectivity index (χ1v) is 8.12. The highest BCUT2D eigenvalue weighted by Crippen LogP contribution is 2.29. The van der Waals surface area contributed by atoms with Crippen molar-refractivity contribution in [2.24, 2.45) is 0 Å². The van der Waals surface area contributed by atoms with Crippen LogP contribution in [0.4, 0.5) is 4.39 Å². The zero-order valence-electron chi connectivity index (χ0n) is 13.4. The number of halogens is 3. The molecule has 0 aliphatic carbocycles. The summed E-state index contributed by atoms with van der Waals surface area (Å²) in [4.78, 5) is 19.7. The molecule has 1 fully saturated rings. The van der Waals surface area contributed by atoms with E-state index in [1.54, 1.807) is 12.1 Å². The normalized spacial score (nSPS) is 17.0. The van der Waals surface area contributed by atoms with Gasteiger partial charge < -0.3 is 10.2 Å². The van der Waals surface area contributed by atoms with E-state index in [1.807, 2.05) is 11.8 Å². The van der Waals surface area contributed by atoms with Crippen molar-refractivity contribution in [1.29, 1.82) is 0 Å². The summed E-state index contributed by atoms with van der Waals surface area (Å²) in [5.41, 5.74) is 1.57. The van der Waals surface area contributed by atoms with E-state index in [0.717, 1.165) is 22.8 Å². The summed E-state index contributed by atoms with van der Waals surface area (Å²) in [6.45, 7) is 6.16. The molecule has 3 rings (SSSR count). The Morgan fingerprint density at radius 2 is 2.00 bits per heavy atom. The second kappa shape index (κ2) is 8.76. The van der Waals surface area contributed by atoms with Crippen molar-refractivity contribution < 1.29 is 9.18 Å². The molecule has 2 heterocycles. The highest BCUT2D eigenvalue weighted by molar-refractivity contribution is 7.17. The molecule has 1 aliphatic heterocycles. The Morgan fingerprint density at radius 1 is 1.33 bits per heavy atom. The minimum absolute atomic E-state index is 0. The van der Waals surface area contributed by atoms with Gasteiger partial charge in [-0.05, 0) is 38.1 Å². The molecule has 0 bridgehead atoms. The minimum Gasteiger partial charge on any atom is -0.335 e. The van der Waals surface area contributed by atoms with E-state index in [1.165, 1.54) is 23.5 Å². The fourth-order valence-corrected chi connectivity index (χ4v) is 3.61. The average molecular weight is 392 g/mol. The van der Waals surface area contributed by atoms with Gasteiger partial charge in [-0.1, -0.05) is 0 Å². The number of piperazine rings is 1. The quantitative estimate of drug-likeness (QED) is 0.851. The van der Waals surface area contributed by atoms with E-state index in [4.69, 9.17) is 0 Å². The maximum atomic E-state index is 13.0. The number of rotatable bonds is 2. The van der Waals surface area contributed by atoms with Crippen LogP contribution in [0.25, 0.3) is 10.6 Å². The van der Waals surface area contributed by atoms with Gasteiger partial charge in [-0.15, -0.1) is 36.2 Å². The lowest BCUT2D eigenvalue weighted by atomic mass is 10.2. The Balaban J connectivity index is 0.00000144. The number of aryl methyl sites for hydroxylation is 1. The molecular weight excluding hydrogens is 372 g/mol. The first-order valence-electron chi connectivity index (χ1n) is 7.30. The topological polar surface area (TPSA) is 45.2 Å². The number of carbonyl (C=O) groups is 1. The maximum absolute atomic E-state index is 13.0. The molecular formula is C16H20Cl2FN3OS. The molecule has 8 heteroatoms. The van der Waals surface area contributed by atoms with Crippen molar-refractivity contribution in [3.05, 3.63) is 40.7 Å². The highest BCUT2D eigenvalue weighted by atomic mass is 35.5. The van der Waals surface area contributed by atoms with Crippen molar-refractivity contribution in [2.75, 3.05) is 19.6 Å². The summed E-state index contributed by atoms with van der Waals surface area (Å²) in [7, 11) is 0. The number of nitrogens with zero attached hydrogens (tertiary/aromatic N) is 2. The average Bonchev–Trinajstić information content (AvgIpc) is 2.89. The number of carbonyl (C=O) groups excluding carboxylic acids is 1. The van der Waals surface area contributed by atoms with Gasteiger partial charge in [0.2, 0.25) is 0 Å². The third kappa shape index (κ3) is 4.45. The van der Waals surface area contributed by atoms with Crippen LogP contribution in [0.15, 0.2) is 24.3 Å². The maximum Gasteiger partial charge on any atom is 0.265 e. The smallest absolute Gasteiger partial charge is 0.265 e. The van der Waals surface area contributed by atoms with Gasteiger partial charge in [0.05, 0.1) is 5.69 Å². The summed E-state index contributed by atoms with van der Waals surface area (Å²) in [5, 5.41) is 4.08. The SMILES string of the molecule is Cc1nc(-c2ccc(F)cc2)sc1C(=O)N1CCNC(C)C1.Cl.Cl. The van der Waals surface area contributed by atoms with Crippen LogP contribution in [0.5, 0.6) is 0 Å². The summed E-state index contributed by atoms with van der Waals surface area (Å²) < 4.78 is 13.0. The van der Waals surface area contributed by atoms with Crippen LogP contribution < -0.4 is 5.32 Å². The van der Waals surface area contributed by atoms with Gasteiger partial charge in [0.1, 0.15) is 15.7 Å². The molecule has 0 spiro atoms. The largest absolute Gasteiger partial charge is 0.335 e.